The van der Waals surface area contributed by atoms with Gasteiger partial charge in [0.1, 0.15) is 13.2 Å². The van der Waals surface area contributed by atoms with Gasteiger partial charge in [-0.1, -0.05) is 122 Å². The fraction of sp³-hybridized carbons (Fsp3) is 0.742. The monoisotopic (exact) mass is 646 g/mol. The topological polar surface area (TPSA) is 90.7 Å². The van der Waals surface area contributed by atoms with Crippen molar-refractivity contribution in [3.63, 3.8) is 0 Å². The fourth-order valence-electron chi connectivity index (χ4n) is 4.53. The maximum absolute atomic E-state index is 11.9. The Hall–Kier alpha value is -1.35. The second-order valence-corrected chi connectivity index (χ2v) is 10.6. The summed E-state index contributed by atoms with van der Waals surface area (Å²) in [5, 5.41) is 2.77. The lowest BCUT2D eigenvalue weighted by atomic mass is 9.86. The summed E-state index contributed by atoms with van der Waals surface area (Å²) in [5.74, 6) is -0.101. The molecule has 0 saturated carbocycles. The first kappa shape index (κ1) is 36.6. The van der Waals surface area contributed by atoms with E-state index in [4.69, 9.17) is 15.2 Å². The Bertz CT molecular complexity index is 702. The molecule has 0 fully saturated rings. The molecule has 0 radical (unpaired) electrons. The van der Waals surface area contributed by atoms with E-state index in [1.54, 1.807) is 13.8 Å². The van der Waals surface area contributed by atoms with E-state index in [2.05, 4.69) is 36.5 Å². The number of hydrogen-bond donors (Lipinski definition) is 2. The van der Waals surface area contributed by atoms with Crippen LogP contribution in [-0.4, -0.2) is 37.9 Å². The smallest absolute Gasteiger partial charge is 0.407 e. The number of hydrogen-bond acceptors (Lipinski definition) is 5. The normalized spacial score (nSPS) is 12.4. The van der Waals surface area contributed by atoms with E-state index in [0.717, 1.165) is 12.8 Å². The zero-order valence-corrected chi connectivity index (χ0v) is 26.6. The SMILES string of the molecule is CCCCCCCCCCCCCC(Cc1ccccc1)C(N)CCNC(=O)OCCOC(=O)C(C)C.I. The third-order valence-corrected chi connectivity index (χ3v) is 6.90. The molecule has 6 nitrogen and oxygen atoms in total. The lowest BCUT2D eigenvalue weighted by Crippen LogP contribution is -2.36. The predicted molar refractivity (Wildman–Crippen MR) is 168 cm³/mol. The Kier molecular flexibility index (Phi) is 23.8. The van der Waals surface area contributed by atoms with Crippen molar-refractivity contribution in [3.8, 4) is 0 Å². The van der Waals surface area contributed by atoms with Crippen LogP contribution < -0.4 is 11.1 Å². The number of carbonyl (C=O) groups excluding carboxylic acids is 2. The minimum Gasteiger partial charge on any atom is -0.462 e. The molecular formula is C31H55IN2O4. The van der Waals surface area contributed by atoms with Crippen LogP contribution in [0.3, 0.4) is 0 Å². The van der Waals surface area contributed by atoms with Gasteiger partial charge in [-0.15, -0.1) is 24.0 Å². The largest absolute Gasteiger partial charge is 0.462 e. The van der Waals surface area contributed by atoms with Crippen LogP contribution in [-0.2, 0) is 20.7 Å². The Labute approximate surface area is 249 Å². The number of nitrogens with one attached hydrogen (secondary N) is 1. The number of amides is 1. The van der Waals surface area contributed by atoms with Crippen LogP contribution in [0.4, 0.5) is 4.79 Å². The summed E-state index contributed by atoms with van der Waals surface area (Å²) < 4.78 is 10.1. The Morgan fingerprint density at radius 1 is 0.816 bits per heavy atom. The van der Waals surface area contributed by atoms with Crippen LogP contribution >= 0.6 is 24.0 Å². The third-order valence-electron chi connectivity index (χ3n) is 6.90. The highest BCUT2D eigenvalue weighted by atomic mass is 127. The van der Waals surface area contributed by atoms with Gasteiger partial charge in [-0.05, 0) is 30.7 Å². The quantitative estimate of drug-likeness (QED) is 0.0762. The molecule has 2 unspecified atom stereocenters. The second kappa shape index (κ2) is 24.7. The molecule has 1 aromatic rings. The Morgan fingerprint density at radius 3 is 1.95 bits per heavy atom. The van der Waals surface area contributed by atoms with Crippen LogP contribution in [0, 0.1) is 11.8 Å². The fourth-order valence-corrected chi connectivity index (χ4v) is 4.53. The van der Waals surface area contributed by atoms with E-state index < -0.39 is 6.09 Å². The zero-order valence-electron chi connectivity index (χ0n) is 24.3. The van der Waals surface area contributed by atoms with Crippen molar-refractivity contribution in [2.45, 2.75) is 117 Å². The third kappa shape index (κ3) is 19.7. The highest BCUT2D eigenvalue weighted by molar-refractivity contribution is 14.0. The maximum atomic E-state index is 11.9. The lowest BCUT2D eigenvalue weighted by Gasteiger charge is -2.24. The molecule has 0 aliphatic carbocycles. The molecule has 0 aromatic heterocycles. The molecule has 0 spiro atoms. The van der Waals surface area contributed by atoms with Crippen LogP contribution in [0.25, 0.3) is 0 Å². The van der Waals surface area contributed by atoms with Gasteiger partial charge >= 0.3 is 12.1 Å². The number of esters is 1. The summed E-state index contributed by atoms with van der Waals surface area (Å²) >= 11 is 0. The van der Waals surface area contributed by atoms with Gasteiger partial charge in [-0.25, -0.2) is 4.79 Å². The number of rotatable bonds is 22. The van der Waals surface area contributed by atoms with E-state index in [1.807, 2.05) is 6.07 Å². The van der Waals surface area contributed by atoms with Gasteiger partial charge in [0.2, 0.25) is 0 Å². The lowest BCUT2D eigenvalue weighted by molar-refractivity contribution is -0.148. The first-order chi connectivity index (χ1) is 17.9. The van der Waals surface area contributed by atoms with Crippen molar-refractivity contribution in [3.05, 3.63) is 35.9 Å². The summed E-state index contributed by atoms with van der Waals surface area (Å²) in [7, 11) is 0. The van der Waals surface area contributed by atoms with Crippen LogP contribution in [0.15, 0.2) is 30.3 Å². The van der Waals surface area contributed by atoms with E-state index >= 15 is 0 Å². The van der Waals surface area contributed by atoms with Gasteiger partial charge in [0.25, 0.3) is 0 Å². The van der Waals surface area contributed by atoms with Gasteiger partial charge in [0.15, 0.2) is 0 Å². The maximum Gasteiger partial charge on any atom is 0.407 e. The number of nitrogens with two attached hydrogens (primary N) is 1. The number of unbranched alkanes of at least 4 members (excludes halogenated alkanes) is 10. The van der Waals surface area contributed by atoms with E-state index in [9.17, 15) is 9.59 Å². The predicted octanol–water partition coefficient (Wildman–Crippen LogP) is 7.81. The van der Waals surface area contributed by atoms with E-state index in [0.29, 0.717) is 18.9 Å². The van der Waals surface area contributed by atoms with Crippen LogP contribution in [0.2, 0.25) is 0 Å². The Morgan fingerprint density at radius 2 is 1.37 bits per heavy atom. The summed E-state index contributed by atoms with van der Waals surface area (Å²) in [4.78, 5) is 23.4. The van der Waals surface area contributed by atoms with E-state index in [-0.39, 0.29) is 55.1 Å². The van der Waals surface area contributed by atoms with Gasteiger partial charge in [0.05, 0.1) is 5.92 Å². The standard InChI is InChI=1S/C31H54N2O4.HI/c1-4-5-6-7-8-9-10-11-12-13-17-20-28(25-27-18-15-14-16-19-27)29(32)21-22-33-31(35)37-24-23-36-30(34)26(2)3;/h14-16,18-19,26,28-29H,4-13,17,20-25,32H2,1-3H3,(H,33,35);1H. The molecule has 38 heavy (non-hydrogen) atoms. The van der Waals surface area contributed by atoms with E-state index in [1.165, 1.54) is 76.2 Å². The minimum atomic E-state index is -0.502. The molecule has 7 heteroatoms. The molecule has 220 valence electrons. The summed E-state index contributed by atoms with van der Waals surface area (Å²) in [6, 6.07) is 10.5. The summed E-state index contributed by atoms with van der Waals surface area (Å²) in [6.07, 6.45) is 17.0. The second-order valence-electron chi connectivity index (χ2n) is 10.6. The van der Waals surface area contributed by atoms with Crippen molar-refractivity contribution in [2.24, 2.45) is 17.6 Å². The summed E-state index contributed by atoms with van der Waals surface area (Å²) in [6.45, 7) is 6.38. The minimum absolute atomic E-state index is 0. The molecule has 0 aliphatic heterocycles. The molecule has 3 N–H and O–H groups in total. The molecular weight excluding hydrogens is 591 g/mol. The number of halogens is 1. The zero-order chi connectivity index (χ0) is 27.1. The van der Waals surface area contributed by atoms with Gasteiger partial charge in [-0.2, -0.15) is 0 Å². The molecule has 2 atom stereocenters. The summed E-state index contributed by atoms with van der Waals surface area (Å²) in [5.41, 5.74) is 7.93. The van der Waals surface area contributed by atoms with Crippen molar-refractivity contribution >= 4 is 36.0 Å². The first-order valence-corrected chi connectivity index (χ1v) is 14.8. The number of carbonyl (C=O) groups is 2. The number of alkyl carbamates (subject to hydrolysis) is 1. The van der Waals surface area contributed by atoms with Gasteiger partial charge in [0, 0.05) is 12.6 Å². The Balaban J connectivity index is 0.0000137. The highest BCUT2D eigenvalue weighted by Gasteiger charge is 2.18. The average molecular weight is 647 g/mol. The first-order valence-electron chi connectivity index (χ1n) is 14.8. The van der Waals surface area contributed by atoms with Crippen molar-refractivity contribution < 1.29 is 19.1 Å². The number of benzene rings is 1. The van der Waals surface area contributed by atoms with Crippen molar-refractivity contribution in [2.75, 3.05) is 19.8 Å². The van der Waals surface area contributed by atoms with Crippen molar-refractivity contribution in [1.82, 2.24) is 5.32 Å². The molecule has 0 bridgehead atoms. The van der Waals surface area contributed by atoms with Gasteiger partial charge < -0.3 is 20.5 Å². The molecule has 0 heterocycles. The molecule has 1 amide bonds. The molecule has 1 aromatic carbocycles. The molecule has 1 rings (SSSR count). The molecule has 0 saturated heterocycles. The van der Waals surface area contributed by atoms with Crippen molar-refractivity contribution in [1.29, 1.82) is 0 Å². The number of ether oxygens (including phenoxy) is 2. The van der Waals surface area contributed by atoms with Crippen LogP contribution in [0.1, 0.15) is 110 Å². The average Bonchev–Trinajstić information content (AvgIpc) is 2.89. The van der Waals surface area contributed by atoms with Crippen LogP contribution in [0.5, 0.6) is 0 Å². The highest BCUT2D eigenvalue weighted by Crippen LogP contribution is 2.21. The molecule has 0 aliphatic rings. The van der Waals surface area contributed by atoms with Gasteiger partial charge in [-0.3, -0.25) is 4.79 Å².